The summed E-state index contributed by atoms with van der Waals surface area (Å²) >= 11 is 0. The number of carbonyl (C=O) groups is 2. The van der Waals surface area contributed by atoms with Crippen LogP contribution < -0.4 is 5.32 Å². The van der Waals surface area contributed by atoms with Crippen LogP contribution in [0.25, 0.3) is 0 Å². The van der Waals surface area contributed by atoms with Gasteiger partial charge in [-0.1, -0.05) is 36.9 Å². The smallest absolute Gasteiger partial charge is 0.360 e. The number of carbonyl (C=O) groups excluding carboxylic acids is 2. The van der Waals surface area contributed by atoms with E-state index in [2.05, 4.69) is 17.0 Å². The molecule has 0 radical (unpaired) electrons. The lowest BCUT2D eigenvalue weighted by atomic mass is 10.1. The molecule has 0 fully saturated rings. The molecular weight excluding hydrogens is 282 g/mol. The average molecular weight is 299 g/mol. The third-order valence-corrected chi connectivity index (χ3v) is 3.23. The van der Waals surface area contributed by atoms with Crippen LogP contribution in [0.3, 0.4) is 0 Å². The van der Waals surface area contributed by atoms with E-state index in [4.69, 9.17) is 4.74 Å². The predicted molar refractivity (Wildman–Crippen MR) is 82.6 cm³/mol. The second-order valence-corrected chi connectivity index (χ2v) is 4.64. The highest BCUT2D eigenvalue weighted by Crippen LogP contribution is 2.22. The Morgan fingerprint density at radius 3 is 2.64 bits per heavy atom. The summed E-state index contributed by atoms with van der Waals surface area (Å²) in [4.78, 5) is 23.3. The lowest BCUT2D eigenvalue weighted by Gasteiger charge is -2.12. The maximum Gasteiger partial charge on any atom is 0.360 e. The van der Waals surface area contributed by atoms with Gasteiger partial charge in [-0.3, -0.25) is 9.48 Å². The van der Waals surface area contributed by atoms with Crippen molar-refractivity contribution in [2.75, 3.05) is 12.4 Å². The van der Waals surface area contributed by atoms with Crippen LogP contribution >= 0.6 is 0 Å². The van der Waals surface area contributed by atoms with Crippen LogP contribution in [0.5, 0.6) is 0 Å². The van der Waals surface area contributed by atoms with Crippen molar-refractivity contribution >= 4 is 17.6 Å². The van der Waals surface area contributed by atoms with Gasteiger partial charge in [0.15, 0.2) is 5.69 Å². The molecule has 1 unspecified atom stereocenters. The highest BCUT2D eigenvalue weighted by molar-refractivity contribution is 6.03. The summed E-state index contributed by atoms with van der Waals surface area (Å²) in [5.41, 5.74) is 1.38. The highest BCUT2D eigenvalue weighted by atomic mass is 16.5. The molecule has 0 aliphatic heterocycles. The molecule has 1 amide bonds. The quantitative estimate of drug-likeness (QED) is 0.679. The molecule has 0 aliphatic carbocycles. The Hall–Kier alpha value is -2.89. The summed E-state index contributed by atoms with van der Waals surface area (Å²) in [6.45, 7) is 5.33. The molecule has 0 bridgehead atoms. The van der Waals surface area contributed by atoms with E-state index in [9.17, 15) is 9.59 Å². The van der Waals surface area contributed by atoms with E-state index in [0.29, 0.717) is 5.69 Å². The standard InChI is InChI=1S/C16H17N3O3/c1-4-14(20)17-13-10-19(18-15(13)16(21)22-3)11(2)12-8-6-5-7-9-12/h4-11H,1H2,2-3H3,(H,17,20). The van der Waals surface area contributed by atoms with Gasteiger partial charge in [0.2, 0.25) is 5.91 Å². The Bertz CT molecular complexity index is 692. The Balaban J connectivity index is 2.39. The Morgan fingerprint density at radius 2 is 2.05 bits per heavy atom. The zero-order valence-electron chi connectivity index (χ0n) is 12.4. The molecule has 1 N–H and O–H groups in total. The number of aromatic nitrogens is 2. The number of hydrogen-bond donors (Lipinski definition) is 1. The first-order valence-corrected chi connectivity index (χ1v) is 6.72. The monoisotopic (exact) mass is 299 g/mol. The number of rotatable bonds is 5. The van der Waals surface area contributed by atoms with Crippen molar-refractivity contribution < 1.29 is 14.3 Å². The van der Waals surface area contributed by atoms with Gasteiger partial charge in [0.05, 0.1) is 25.0 Å². The van der Waals surface area contributed by atoms with Crippen LogP contribution in [-0.2, 0) is 9.53 Å². The van der Waals surface area contributed by atoms with E-state index in [1.807, 2.05) is 37.3 Å². The topological polar surface area (TPSA) is 73.2 Å². The van der Waals surface area contributed by atoms with Crippen LogP contribution in [-0.4, -0.2) is 28.8 Å². The number of anilines is 1. The van der Waals surface area contributed by atoms with E-state index in [1.165, 1.54) is 7.11 Å². The van der Waals surface area contributed by atoms with Gasteiger partial charge in [-0.05, 0) is 18.6 Å². The SMILES string of the molecule is C=CC(=O)Nc1cn(C(C)c2ccccc2)nc1C(=O)OC. The molecule has 1 aromatic heterocycles. The zero-order chi connectivity index (χ0) is 16.1. The van der Waals surface area contributed by atoms with E-state index < -0.39 is 11.9 Å². The second kappa shape index (κ2) is 6.71. The number of nitrogens with zero attached hydrogens (tertiary/aromatic N) is 2. The van der Waals surface area contributed by atoms with E-state index in [1.54, 1.807) is 10.9 Å². The van der Waals surface area contributed by atoms with Gasteiger partial charge in [0, 0.05) is 0 Å². The number of nitrogens with one attached hydrogen (secondary N) is 1. The third kappa shape index (κ3) is 3.22. The minimum atomic E-state index is -0.613. The number of benzene rings is 1. The first kappa shape index (κ1) is 15.5. The van der Waals surface area contributed by atoms with E-state index in [-0.39, 0.29) is 11.7 Å². The Labute approximate surface area is 128 Å². The summed E-state index contributed by atoms with van der Waals surface area (Å²) in [5, 5.41) is 6.80. The summed E-state index contributed by atoms with van der Waals surface area (Å²) in [6.07, 6.45) is 2.73. The summed E-state index contributed by atoms with van der Waals surface area (Å²) < 4.78 is 6.31. The molecule has 1 atom stereocenters. The average Bonchev–Trinajstić information content (AvgIpc) is 2.97. The van der Waals surface area contributed by atoms with Crippen LogP contribution in [0.4, 0.5) is 5.69 Å². The maximum absolute atomic E-state index is 11.8. The number of methoxy groups -OCH3 is 1. The molecule has 1 aromatic carbocycles. The van der Waals surface area contributed by atoms with Crippen molar-refractivity contribution in [3.63, 3.8) is 0 Å². The van der Waals surface area contributed by atoms with Crippen molar-refractivity contribution in [3.8, 4) is 0 Å². The minimum absolute atomic E-state index is 0.0560. The molecule has 6 nitrogen and oxygen atoms in total. The first-order valence-electron chi connectivity index (χ1n) is 6.72. The van der Waals surface area contributed by atoms with Gasteiger partial charge in [0.25, 0.3) is 0 Å². The molecule has 0 saturated carbocycles. The molecule has 0 aliphatic rings. The molecular formula is C16H17N3O3. The molecule has 6 heteroatoms. The van der Waals surface area contributed by atoms with Crippen LogP contribution in [0.15, 0.2) is 49.2 Å². The molecule has 1 heterocycles. The summed E-state index contributed by atoms with van der Waals surface area (Å²) in [7, 11) is 1.26. The van der Waals surface area contributed by atoms with Crippen molar-refractivity contribution in [2.45, 2.75) is 13.0 Å². The van der Waals surface area contributed by atoms with Crippen LogP contribution in [0.1, 0.15) is 29.0 Å². The van der Waals surface area contributed by atoms with Crippen LogP contribution in [0.2, 0.25) is 0 Å². The Morgan fingerprint density at radius 1 is 1.36 bits per heavy atom. The zero-order valence-corrected chi connectivity index (χ0v) is 12.4. The second-order valence-electron chi connectivity index (χ2n) is 4.64. The van der Waals surface area contributed by atoms with Crippen molar-refractivity contribution in [3.05, 3.63) is 60.4 Å². The number of ether oxygens (including phenoxy) is 1. The van der Waals surface area contributed by atoms with E-state index >= 15 is 0 Å². The van der Waals surface area contributed by atoms with Gasteiger partial charge >= 0.3 is 5.97 Å². The molecule has 114 valence electrons. The van der Waals surface area contributed by atoms with Crippen LogP contribution in [0, 0.1) is 0 Å². The molecule has 2 rings (SSSR count). The fourth-order valence-electron chi connectivity index (χ4n) is 2.00. The molecule has 2 aromatic rings. The van der Waals surface area contributed by atoms with Crippen molar-refractivity contribution in [1.82, 2.24) is 9.78 Å². The largest absolute Gasteiger partial charge is 0.464 e. The maximum atomic E-state index is 11.8. The van der Waals surface area contributed by atoms with Crippen molar-refractivity contribution in [2.24, 2.45) is 0 Å². The fourth-order valence-corrected chi connectivity index (χ4v) is 2.00. The fraction of sp³-hybridized carbons (Fsp3) is 0.188. The lowest BCUT2D eigenvalue weighted by molar-refractivity contribution is -0.111. The van der Waals surface area contributed by atoms with Gasteiger partial charge in [-0.2, -0.15) is 5.10 Å². The number of amides is 1. The van der Waals surface area contributed by atoms with E-state index in [0.717, 1.165) is 11.6 Å². The molecule has 22 heavy (non-hydrogen) atoms. The summed E-state index contributed by atoms with van der Waals surface area (Å²) in [6, 6.07) is 9.61. The highest BCUT2D eigenvalue weighted by Gasteiger charge is 2.21. The van der Waals surface area contributed by atoms with Gasteiger partial charge in [-0.15, -0.1) is 0 Å². The van der Waals surface area contributed by atoms with Crippen molar-refractivity contribution in [1.29, 1.82) is 0 Å². The van der Waals surface area contributed by atoms with Gasteiger partial charge in [-0.25, -0.2) is 4.79 Å². The molecule has 0 spiro atoms. The Kier molecular flexibility index (Phi) is 4.73. The minimum Gasteiger partial charge on any atom is -0.464 e. The van der Waals surface area contributed by atoms with Gasteiger partial charge < -0.3 is 10.1 Å². The number of hydrogen-bond acceptors (Lipinski definition) is 4. The number of esters is 1. The first-order chi connectivity index (χ1) is 10.6. The predicted octanol–water partition coefficient (Wildman–Crippen LogP) is 2.40. The summed E-state index contributed by atoms with van der Waals surface area (Å²) in [5.74, 6) is -1.03. The van der Waals surface area contributed by atoms with Gasteiger partial charge in [0.1, 0.15) is 0 Å². The molecule has 0 saturated heterocycles. The normalized spacial score (nSPS) is 11.5. The lowest BCUT2D eigenvalue weighted by Crippen LogP contribution is -2.12. The third-order valence-electron chi connectivity index (χ3n) is 3.23.